The number of aryl methyl sites for hydroxylation is 2. The Morgan fingerprint density at radius 3 is 2.39 bits per heavy atom. The lowest BCUT2D eigenvalue weighted by Crippen LogP contribution is -2.24. The molecule has 0 bridgehead atoms. The van der Waals surface area contributed by atoms with E-state index in [4.69, 9.17) is 14.2 Å². The van der Waals surface area contributed by atoms with Crippen LogP contribution in [0.25, 0.3) is 0 Å². The van der Waals surface area contributed by atoms with Gasteiger partial charge in [0, 0.05) is 0 Å². The van der Waals surface area contributed by atoms with Gasteiger partial charge in [-0.2, -0.15) is 0 Å². The average molecular weight is 388 g/mol. The van der Waals surface area contributed by atoms with Gasteiger partial charge in [-0.15, -0.1) is 0 Å². The highest BCUT2D eigenvalue weighted by molar-refractivity contribution is 5.95. The Morgan fingerprint density at radius 2 is 1.79 bits per heavy atom. The number of carbonyl (C=O) groups excluding carboxylic acids is 2. The molecule has 9 heteroatoms. The van der Waals surface area contributed by atoms with E-state index in [1.165, 1.54) is 25.3 Å². The van der Waals surface area contributed by atoms with Crippen molar-refractivity contribution >= 4 is 23.3 Å². The Bertz CT molecular complexity index is 876. The van der Waals surface area contributed by atoms with Crippen LogP contribution in [0.5, 0.6) is 11.5 Å². The summed E-state index contributed by atoms with van der Waals surface area (Å²) < 4.78 is 15.2. The van der Waals surface area contributed by atoms with E-state index in [1.54, 1.807) is 0 Å². The quantitative estimate of drug-likeness (QED) is 0.420. The number of amides is 1. The lowest BCUT2D eigenvalue weighted by atomic mass is 10.1. The van der Waals surface area contributed by atoms with Crippen molar-refractivity contribution in [2.24, 2.45) is 0 Å². The minimum Gasteiger partial charge on any atom is -0.496 e. The summed E-state index contributed by atoms with van der Waals surface area (Å²) in [6.45, 7) is 2.74. The maximum Gasteiger partial charge on any atom is 0.344 e. The number of benzene rings is 2. The summed E-state index contributed by atoms with van der Waals surface area (Å²) in [7, 11) is 1.37. The van der Waals surface area contributed by atoms with Crippen molar-refractivity contribution in [3.63, 3.8) is 0 Å². The zero-order chi connectivity index (χ0) is 20.7. The number of esters is 1. The van der Waals surface area contributed by atoms with Crippen LogP contribution in [0.1, 0.15) is 11.1 Å². The molecule has 28 heavy (non-hydrogen) atoms. The van der Waals surface area contributed by atoms with E-state index in [0.29, 0.717) is 5.75 Å². The summed E-state index contributed by atoms with van der Waals surface area (Å²) in [5, 5.41) is 13.4. The van der Waals surface area contributed by atoms with E-state index in [2.05, 4.69) is 5.32 Å². The van der Waals surface area contributed by atoms with Crippen molar-refractivity contribution in [3.05, 3.63) is 57.6 Å². The number of nitrogens with zero attached hydrogens (tertiary/aromatic N) is 1. The van der Waals surface area contributed by atoms with Gasteiger partial charge in [0.25, 0.3) is 11.6 Å². The monoisotopic (exact) mass is 388 g/mol. The normalized spacial score (nSPS) is 10.1. The molecular weight excluding hydrogens is 368 g/mol. The van der Waals surface area contributed by atoms with E-state index in [0.717, 1.165) is 11.1 Å². The lowest BCUT2D eigenvalue weighted by Gasteiger charge is -2.11. The van der Waals surface area contributed by atoms with Crippen LogP contribution in [0.3, 0.4) is 0 Å². The van der Waals surface area contributed by atoms with Gasteiger partial charge in [0.2, 0.25) is 0 Å². The van der Waals surface area contributed by atoms with E-state index < -0.39 is 23.4 Å². The molecular formula is C19H20N2O7. The molecule has 148 valence electrons. The predicted molar refractivity (Wildman–Crippen MR) is 101 cm³/mol. The molecule has 0 unspecified atom stereocenters. The number of hydrogen-bond donors (Lipinski definition) is 1. The second-order valence-electron chi connectivity index (χ2n) is 5.86. The molecule has 2 aromatic rings. The molecule has 0 atom stereocenters. The largest absolute Gasteiger partial charge is 0.496 e. The third kappa shape index (κ3) is 5.44. The van der Waals surface area contributed by atoms with Crippen LogP contribution >= 0.6 is 0 Å². The Labute approximate surface area is 161 Å². The molecule has 9 nitrogen and oxygen atoms in total. The minimum absolute atomic E-state index is 0.0290. The summed E-state index contributed by atoms with van der Waals surface area (Å²) in [6, 6.07) is 9.55. The molecule has 1 amide bonds. The van der Waals surface area contributed by atoms with Gasteiger partial charge in [-0.05, 0) is 37.1 Å². The maximum atomic E-state index is 11.9. The first kappa shape index (κ1) is 20.7. The first-order chi connectivity index (χ1) is 13.3. The van der Waals surface area contributed by atoms with Gasteiger partial charge in [0.05, 0.1) is 18.1 Å². The van der Waals surface area contributed by atoms with Crippen molar-refractivity contribution in [1.82, 2.24) is 0 Å². The van der Waals surface area contributed by atoms with Crippen LogP contribution in [0, 0.1) is 24.0 Å². The smallest absolute Gasteiger partial charge is 0.344 e. The number of nitro benzene ring substituents is 1. The van der Waals surface area contributed by atoms with Crippen LogP contribution in [0.2, 0.25) is 0 Å². The molecule has 2 rings (SSSR count). The summed E-state index contributed by atoms with van der Waals surface area (Å²) in [4.78, 5) is 34.2. The molecule has 0 heterocycles. The molecule has 0 spiro atoms. The summed E-state index contributed by atoms with van der Waals surface area (Å²) in [5.41, 5.74) is 1.38. The number of para-hydroxylation sites is 1. The number of ether oxygens (including phenoxy) is 3. The molecule has 0 aliphatic carbocycles. The van der Waals surface area contributed by atoms with Crippen molar-refractivity contribution < 1.29 is 28.7 Å². The Hall–Kier alpha value is -3.62. The Kier molecular flexibility index (Phi) is 6.91. The van der Waals surface area contributed by atoms with Crippen LogP contribution < -0.4 is 14.8 Å². The summed E-state index contributed by atoms with van der Waals surface area (Å²) >= 11 is 0. The van der Waals surface area contributed by atoms with Crippen molar-refractivity contribution in [1.29, 1.82) is 0 Å². The zero-order valence-corrected chi connectivity index (χ0v) is 15.7. The summed E-state index contributed by atoms with van der Waals surface area (Å²) in [6.07, 6.45) is 0. The number of carbonyl (C=O) groups is 2. The van der Waals surface area contributed by atoms with Crippen molar-refractivity contribution in [2.75, 3.05) is 25.6 Å². The lowest BCUT2D eigenvalue weighted by molar-refractivity contribution is -0.384. The second-order valence-corrected chi connectivity index (χ2v) is 5.86. The minimum atomic E-state index is -0.734. The highest BCUT2D eigenvalue weighted by Crippen LogP contribution is 2.28. The van der Waals surface area contributed by atoms with Gasteiger partial charge in [-0.25, -0.2) is 4.79 Å². The fourth-order valence-electron chi connectivity index (χ4n) is 2.43. The van der Waals surface area contributed by atoms with Crippen molar-refractivity contribution in [2.45, 2.75) is 13.8 Å². The van der Waals surface area contributed by atoms with Crippen molar-refractivity contribution in [3.8, 4) is 11.5 Å². The first-order valence-electron chi connectivity index (χ1n) is 8.28. The molecule has 0 aliphatic rings. The van der Waals surface area contributed by atoms with Gasteiger partial charge in [-0.1, -0.05) is 18.2 Å². The van der Waals surface area contributed by atoms with Gasteiger partial charge >= 0.3 is 5.97 Å². The van der Waals surface area contributed by atoms with Crippen LogP contribution in [0.15, 0.2) is 36.4 Å². The highest BCUT2D eigenvalue weighted by Gasteiger charge is 2.18. The third-order valence-electron chi connectivity index (χ3n) is 3.78. The highest BCUT2D eigenvalue weighted by atomic mass is 16.6. The molecule has 0 aromatic heterocycles. The fraction of sp³-hybridized carbons (Fsp3) is 0.263. The van der Waals surface area contributed by atoms with Gasteiger partial charge < -0.3 is 19.5 Å². The number of methoxy groups -OCH3 is 1. The number of nitrogens with one attached hydrogen (secondary N) is 1. The predicted octanol–water partition coefficient (Wildman–Crippen LogP) is 2.78. The molecule has 0 saturated carbocycles. The van der Waals surface area contributed by atoms with E-state index >= 15 is 0 Å². The zero-order valence-electron chi connectivity index (χ0n) is 15.7. The molecule has 1 N–H and O–H groups in total. The number of nitro groups is 1. The summed E-state index contributed by atoms with van der Waals surface area (Å²) in [5.74, 6) is -0.590. The first-order valence-corrected chi connectivity index (χ1v) is 8.28. The topological polar surface area (TPSA) is 117 Å². The average Bonchev–Trinajstić information content (AvgIpc) is 2.66. The van der Waals surface area contributed by atoms with Gasteiger partial charge in [-0.3, -0.25) is 14.9 Å². The number of anilines is 1. The SMILES string of the molecule is COc1ccc(NC(=O)COC(=O)COc2c(C)cccc2C)c([N+](=O)[O-])c1. The molecule has 0 fully saturated rings. The molecule has 0 saturated heterocycles. The number of hydrogen-bond acceptors (Lipinski definition) is 7. The Morgan fingerprint density at radius 1 is 1.11 bits per heavy atom. The fourth-order valence-corrected chi connectivity index (χ4v) is 2.43. The molecule has 2 aromatic carbocycles. The molecule has 0 radical (unpaired) electrons. The van der Waals surface area contributed by atoms with E-state index in [-0.39, 0.29) is 23.7 Å². The Balaban J connectivity index is 1.89. The van der Waals surface area contributed by atoms with Crippen LogP contribution in [-0.2, 0) is 14.3 Å². The maximum absolute atomic E-state index is 11.9. The van der Waals surface area contributed by atoms with Crippen LogP contribution in [-0.4, -0.2) is 37.1 Å². The number of rotatable bonds is 8. The van der Waals surface area contributed by atoms with Gasteiger partial charge in [0.15, 0.2) is 13.2 Å². The standard InChI is InChI=1S/C19H20N2O7/c1-12-5-4-6-13(2)19(12)28-11-18(23)27-10-17(22)20-15-8-7-14(26-3)9-16(15)21(24)25/h4-9H,10-11H2,1-3H3,(H,20,22). The van der Waals surface area contributed by atoms with E-state index in [1.807, 2.05) is 32.0 Å². The molecule has 0 aliphatic heterocycles. The second kappa shape index (κ2) is 9.36. The van der Waals surface area contributed by atoms with E-state index in [9.17, 15) is 19.7 Å². The van der Waals surface area contributed by atoms with Crippen LogP contribution in [0.4, 0.5) is 11.4 Å². The van der Waals surface area contributed by atoms with Gasteiger partial charge in [0.1, 0.15) is 17.2 Å². The third-order valence-corrected chi connectivity index (χ3v) is 3.78.